The Hall–Kier alpha value is -2.18. The molecule has 100 valence electrons. The van der Waals surface area contributed by atoms with Crippen LogP contribution in [0.4, 0.5) is 5.82 Å². The molecular formula is C12H16N6O. The van der Waals surface area contributed by atoms with Crippen LogP contribution in [0, 0.1) is 0 Å². The van der Waals surface area contributed by atoms with E-state index >= 15 is 0 Å². The summed E-state index contributed by atoms with van der Waals surface area (Å²) in [7, 11) is 0. The minimum atomic E-state index is 0.448. The van der Waals surface area contributed by atoms with Gasteiger partial charge in [0, 0.05) is 13.1 Å². The molecule has 1 aliphatic rings. The minimum absolute atomic E-state index is 0.448. The first kappa shape index (κ1) is 11.9. The van der Waals surface area contributed by atoms with Gasteiger partial charge in [-0.15, -0.1) is 5.16 Å². The number of hydrogen-bond acceptors (Lipinski definition) is 6. The van der Waals surface area contributed by atoms with E-state index in [-0.39, 0.29) is 0 Å². The molecule has 0 atom stereocenters. The third kappa shape index (κ3) is 2.23. The molecule has 2 aromatic rings. The Labute approximate surface area is 110 Å². The summed E-state index contributed by atoms with van der Waals surface area (Å²) in [5, 5.41) is 11.5. The SMILES string of the molecule is ON=CCn1cnc2c(N3CCCCC3)ncnc21. The minimum Gasteiger partial charge on any atom is -0.411 e. The van der Waals surface area contributed by atoms with E-state index in [1.165, 1.54) is 25.5 Å². The van der Waals surface area contributed by atoms with Crippen LogP contribution >= 0.6 is 0 Å². The van der Waals surface area contributed by atoms with E-state index in [2.05, 4.69) is 25.0 Å². The molecule has 7 nitrogen and oxygen atoms in total. The fourth-order valence-corrected chi connectivity index (χ4v) is 2.46. The lowest BCUT2D eigenvalue weighted by Crippen LogP contribution is -2.30. The molecule has 2 aromatic heterocycles. The second-order valence-corrected chi connectivity index (χ2v) is 4.61. The molecule has 0 radical (unpaired) electrons. The summed E-state index contributed by atoms with van der Waals surface area (Å²) in [6, 6.07) is 0. The van der Waals surface area contributed by atoms with Gasteiger partial charge < -0.3 is 14.7 Å². The second kappa shape index (κ2) is 5.21. The van der Waals surface area contributed by atoms with Crippen molar-refractivity contribution >= 4 is 23.2 Å². The first-order valence-corrected chi connectivity index (χ1v) is 6.47. The van der Waals surface area contributed by atoms with Gasteiger partial charge in [-0.3, -0.25) is 0 Å². The summed E-state index contributed by atoms with van der Waals surface area (Å²) < 4.78 is 1.84. The van der Waals surface area contributed by atoms with Gasteiger partial charge in [-0.2, -0.15) is 0 Å². The molecule has 0 unspecified atom stereocenters. The third-order valence-electron chi connectivity index (χ3n) is 3.40. The van der Waals surface area contributed by atoms with Gasteiger partial charge in [-0.1, -0.05) is 0 Å². The second-order valence-electron chi connectivity index (χ2n) is 4.61. The van der Waals surface area contributed by atoms with Crippen molar-refractivity contribution in [1.29, 1.82) is 0 Å². The van der Waals surface area contributed by atoms with E-state index in [0.29, 0.717) is 6.54 Å². The topological polar surface area (TPSA) is 79.4 Å². The average Bonchev–Trinajstić information content (AvgIpc) is 2.89. The molecule has 0 spiro atoms. The third-order valence-corrected chi connectivity index (χ3v) is 3.40. The number of anilines is 1. The van der Waals surface area contributed by atoms with Crippen molar-refractivity contribution in [2.24, 2.45) is 5.16 Å². The summed E-state index contributed by atoms with van der Waals surface area (Å²) in [5.41, 5.74) is 1.59. The Kier molecular flexibility index (Phi) is 3.26. The van der Waals surface area contributed by atoms with E-state index in [0.717, 1.165) is 30.1 Å². The van der Waals surface area contributed by atoms with E-state index in [4.69, 9.17) is 5.21 Å². The molecule has 0 aromatic carbocycles. The van der Waals surface area contributed by atoms with E-state index in [1.807, 2.05) is 4.57 Å². The Bertz CT molecular complexity index is 587. The lowest BCUT2D eigenvalue weighted by Gasteiger charge is -2.27. The predicted molar refractivity (Wildman–Crippen MR) is 71.7 cm³/mol. The molecule has 1 aliphatic heterocycles. The number of aromatic nitrogens is 4. The van der Waals surface area contributed by atoms with Gasteiger partial charge in [0.15, 0.2) is 17.0 Å². The fourth-order valence-electron chi connectivity index (χ4n) is 2.46. The van der Waals surface area contributed by atoms with Gasteiger partial charge in [0.2, 0.25) is 0 Å². The number of nitrogens with zero attached hydrogens (tertiary/aromatic N) is 6. The van der Waals surface area contributed by atoms with Crippen molar-refractivity contribution in [1.82, 2.24) is 19.5 Å². The highest BCUT2D eigenvalue weighted by molar-refractivity contribution is 5.83. The molecule has 1 fully saturated rings. The summed E-state index contributed by atoms with van der Waals surface area (Å²) in [6.07, 6.45) is 8.36. The van der Waals surface area contributed by atoms with Crippen LogP contribution in [-0.2, 0) is 6.54 Å². The van der Waals surface area contributed by atoms with Crippen molar-refractivity contribution in [3.05, 3.63) is 12.7 Å². The maximum absolute atomic E-state index is 8.49. The van der Waals surface area contributed by atoms with Crippen LogP contribution < -0.4 is 4.90 Å². The van der Waals surface area contributed by atoms with Crippen molar-refractivity contribution in [3.8, 4) is 0 Å². The number of imidazole rings is 1. The Morgan fingerprint density at radius 2 is 2.05 bits per heavy atom. The van der Waals surface area contributed by atoms with Crippen LogP contribution in [0.25, 0.3) is 11.2 Å². The van der Waals surface area contributed by atoms with Crippen LogP contribution in [0.15, 0.2) is 17.8 Å². The molecule has 1 N–H and O–H groups in total. The zero-order chi connectivity index (χ0) is 13.1. The molecule has 0 aliphatic carbocycles. The Morgan fingerprint density at radius 3 is 2.84 bits per heavy atom. The molecule has 3 rings (SSSR count). The normalized spacial score (nSPS) is 16.5. The van der Waals surface area contributed by atoms with Gasteiger partial charge in [0.25, 0.3) is 0 Å². The molecule has 0 saturated carbocycles. The van der Waals surface area contributed by atoms with Crippen molar-refractivity contribution in [3.63, 3.8) is 0 Å². The lowest BCUT2D eigenvalue weighted by molar-refractivity contribution is 0.320. The monoisotopic (exact) mass is 260 g/mol. The van der Waals surface area contributed by atoms with Crippen molar-refractivity contribution < 1.29 is 5.21 Å². The molecule has 19 heavy (non-hydrogen) atoms. The number of fused-ring (bicyclic) bond motifs is 1. The highest BCUT2D eigenvalue weighted by Gasteiger charge is 2.17. The maximum atomic E-state index is 8.49. The van der Waals surface area contributed by atoms with Gasteiger partial charge in [-0.25, -0.2) is 15.0 Å². The van der Waals surface area contributed by atoms with E-state index in [9.17, 15) is 0 Å². The standard InChI is InChI=1S/C12H16N6O/c19-16-4-7-18-9-15-10-11(13-8-14-12(10)18)17-5-2-1-3-6-17/h4,8-9,19H,1-3,5-7H2. The van der Waals surface area contributed by atoms with Crippen molar-refractivity contribution in [2.45, 2.75) is 25.8 Å². The number of hydrogen-bond donors (Lipinski definition) is 1. The van der Waals surface area contributed by atoms with Gasteiger partial charge in [0.05, 0.1) is 19.1 Å². The largest absolute Gasteiger partial charge is 0.411 e. The number of oxime groups is 1. The van der Waals surface area contributed by atoms with E-state index < -0.39 is 0 Å². The lowest BCUT2D eigenvalue weighted by atomic mass is 10.1. The Balaban J connectivity index is 1.98. The summed E-state index contributed by atoms with van der Waals surface area (Å²) >= 11 is 0. The zero-order valence-electron chi connectivity index (χ0n) is 10.6. The maximum Gasteiger partial charge on any atom is 0.165 e. The molecule has 3 heterocycles. The van der Waals surface area contributed by atoms with Gasteiger partial charge in [0.1, 0.15) is 6.33 Å². The quantitative estimate of drug-likeness (QED) is 0.511. The summed E-state index contributed by atoms with van der Waals surface area (Å²) in [4.78, 5) is 15.3. The Morgan fingerprint density at radius 1 is 1.21 bits per heavy atom. The number of rotatable bonds is 3. The van der Waals surface area contributed by atoms with Crippen LogP contribution in [0.5, 0.6) is 0 Å². The van der Waals surface area contributed by atoms with E-state index in [1.54, 1.807) is 12.7 Å². The van der Waals surface area contributed by atoms with Crippen LogP contribution in [-0.4, -0.2) is 44.0 Å². The molecule has 0 bridgehead atoms. The van der Waals surface area contributed by atoms with Crippen LogP contribution in [0.1, 0.15) is 19.3 Å². The first-order valence-electron chi connectivity index (χ1n) is 6.47. The number of piperidine rings is 1. The first-order chi connectivity index (χ1) is 9.40. The molecule has 7 heteroatoms. The molecule has 0 amide bonds. The van der Waals surface area contributed by atoms with Crippen LogP contribution in [0.3, 0.4) is 0 Å². The zero-order valence-corrected chi connectivity index (χ0v) is 10.6. The molecular weight excluding hydrogens is 244 g/mol. The smallest absolute Gasteiger partial charge is 0.165 e. The summed E-state index contributed by atoms with van der Waals surface area (Å²) in [6.45, 7) is 2.50. The predicted octanol–water partition coefficient (Wildman–Crippen LogP) is 1.28. The van der Waals surface area contributed by atoms with Gasteiger partial charge >= 0.3 is 0 Å². The van der Waals surface area contributed by atoms with Crippen LogP contribution in [0.2, 0.25) is 0 Å². The highest BCUT2D eigenvalue weighted by atomic mass is 16.4. The highest BCUT2D eigenvalue weighted by Crippen LogP contribution is 2.24. The van der Waals surface area contributed by atoms with Gasteiger partial charge in [-0.05, 0) is 19.3 Å². The summed E-state index contributed by atoms with van der Waals surface area (Å²) in [5.74, 6) is 0.907. The average molecular weight is 260 g/mol. The fraction of sp³-hybridized carbons (Fsp3) is 0.500. The molecule has 1 saturated heterocycles. The van der Waals surface area contributed by atoms with Crippen molar-refractivity contribution in [2.75, 3.05) is 18.0 Å².